The SMILES string of the molecule is C/C(=C/C(=O)NC(C)C)OB(F)F. The van der Waals surface area contributed by atoms with Crippen molar-refractivity contribution in [3.8, 4) is 0 Å². The summed E-state index contributed by atoms with van der Waals surface area (Å²) in [5.74, 6) is -0.540. The quantitative estimate of drug-likeness (QED) is 0.413. The third-order valence-corrected chi connectivity index (χ3v) is 1.04. The molecule has 0 aromatic heterocycles. The van der Waals surface area contributed by atoms with Crippen molar-refractivity contribution in [2.45, 2.75) is 26.8 Å². The molecule has 1 amide bonds. The molecule has 0 aromatic carbocycles. The normalized spacial score (nSPS) is 11.4. The average molecular weight is 191 g/mol. The summed E-state index contributed by atoms with van der Waals surface area (Å²) < 4.78 is 27.2. The van der Waals surface area contributed by atoms with Crippen LogP contribution in [0.4, 0.5) is 8.63 Å². The van der Waals surface area contributed by atoms with Gasteiger partial charge in [0.25, 0.3) is 0 Å². The molecular formula is C7H12BF2NO2. The maximum Gasteiger partial charge on any atom is 0.796 e. The molecule has 1 N–H and O–H groups in total. The fraction of sp³-hybridized carbons (Fsp3) is 0.571. The van der Waals surface area contributed by atoms with Gasteiger partial charge in [-0.1, -0.05) is 0 Å². The molecule has 0 aromatic rings. The third-order valence-electron chi connectivity index (χ3n) is 1.04. The van der Waals surface area contributed by atoms with Gasteiger partial charge in [0.1, 0.15) is 0 Å². The summed E-state index contributed by atoms with van der Waals surface area (Å²) in [7, 11) is -2.89. The summed E-state index contributed by atoms with van der Waals surface area (Å²) >= 11 is 0. The first kappa shape index (κ1) is 11.9. The lowest BCUT2D eigenvalue weighted by Gasteiger charge is -2.06. The van der Waals surface area contributed by atoms with Crippen molar-refractivity contribution in [2.75, 3.05) is 0 Å². The standard InChI is InChI=1S/C7H12BF2NO2/c1-5(2)11-7(12)4-6(3)13-8(9)10/h4-5H,1-3H3,(H,11,12)/b6-4-. The van der Waals surface area contributed by atoms with Crippen LogP contribution in [-0.2, 0) is 9.45 Å². The minimum atomic E-state index is -2.89. The smallest absolute Gasteiger partial charge is 0.509 e. The number of carbonyl (C=O) groups excluding carboxylic acids is 1. The molecule has 0 heterocycles. The molecule has 0 atom stereocenters. The van der Waals surface area contributed by atoms with Gasteiger partial charge in [-0.3, -0.25) is 4.79 Å². The van der Waals surface area contributed by atoms with Gasteiger partial charge in [-0.15, -0.1) is 0 Å². The highest BCUT2D eigenvalue weighted by atomic mass is 19.2. The first-order valence-corrected chi connectivity index (χ1v) is 3.85. The Labute approximate surface area is 76.4 Å². The molecule has 74 valence electrons. The Balaban J connectivity index is 3.99. The molecule has 0 saturated heterocycles. The Morgan fingerprint density at radius 3 is 2.46 bits per heavy atom. The van der Waals surface area contributed by atoms with Gasteiger partial charge in [-0.05, 0) is 20.8 Å². The zero-order valence-electron chi connectivity index (χ0n) is 7.80. The number of hydrogen-bond donors (Lipinski definition) is 1. The van der Waals surface area contributed by atoms with E-state index in [9.17, 15) is 13.4 Å². The van der Waals surface area contributed by atoms with Crippen LogP contribution in [-0.4, -0.2) is 19.4 Å². The van der Waals surface area contributed by atoms with Gasteiger partial charge in [0.05, 0.1) is 5.76 Å². The first-order chi connectivity index (χ1) is 5.91. The molecule has 0 bridgehead atoms. The first-order valence-electron chi connectivity index (χ1n) is 3.85. The van der Waals surface area contributed by atoms with Gasteiger partial charge in [-0.2, -0.15) is 0 Å². The van der Waals surface area contributed by atoms with E-state index < -0.39 is 13.4 Å². The Kier molecular flexibility index (Phi) is 5.10. The van der Waals surface area contributed by atoms with Gasteiger partial charge >= 0.3 is 7.47 Å². The average Bonchev–Trinajstić information content (AvgIpc) is 1.80. The zero-order chi connectivity index (χ0) is 10.4. The lowest BCUT2D eigenvalue weighted by Crippen LogP contribution is -2.28. The Bertz CT molecular complexity index is 207. The van der Waals surface area contributed by atoms with E-state index in [1.54, 1.807) is 13.8 Å². The van der Waals surface area contributed by atoms with Crippen LogP contribution >= 0.6 is 0 Å². The van der Waals surface area contributed by atoms with Gasteiger partial charge in [-0.25, -0.2) is 8.63 Å². The maximum absolute atomic E-state index is 11.6. The lowest BCUT2D eigenvalue weighted by atomic mass is 10.3. The van der Waals surface area contributed by atoms with Crippen LogP contribution < -0.4 is 5.32 Å². The second-order valence-electron chi connectivity index (χ2n) is 2.80. The minimum absolute atomic E-state index is 0.0249. The van der Waals surface area contributed by atoms with Gasteiger partial charge < -0.3 is 9.97 Å². The number of nitrogens with one attached hydrogen (secondary N) is 1. The Morgan fingerprint density at radius 1 is 1.54 bits per heavy atom. The zero-order valence-corrected chi connectivity index (χ0v) is 7.80. The van der Waals surface area contributed by atoms with E-state index in [0.717, 1.165) is 6.08 Å². The van der Waals surface area contributed by atoms with Crippen molar-refractivity contribution in [3.63, 3.8) is 0 Å². The van der Waals surface area contributed by atoms with E-state index in [4.69, 9.17) is 0 Å². The highest BCUT2D eigenvalue weighted by Gasteiger charge is 2.17. The Morgan fingerprint density at radius 2 is 2.08 bits per heavy atom. The van der Waals surface area contributed by atoms with E-state index in [2.05, 4.69) is 9.97 Å². The molecule has 0 radical (unpaired) electrons. The van der Waals surface area contributed by atoms with E-state index in [1.165, 1.54) is 6.92 Å². The second-order valence-corrected chi connectivity index (χ2v) is 2.80. The van der Waals surface area contributed by atoms with Gasteiger partial charge in [0.2, 0.25) is 5.91 Å². The lowest BCUT2D eigenvalue weighted by molar-refractivity contribution is -0.117. The van der Waals surface area contributed by atoms with Crippen LogP contribution in [0.5, 0.6) is 0 Å². The van der Waals surface area contributed by atoms with Gasteiger partial charge in [0, 0.05) is 12.1 Å². The van der Waals surface area contributed by atoms with Crippen molar-refractivity contribution in [1.82, 2.24) is 5.32 Å². The van der Waals surface area contributed by atoms with E-state index in [0.29, 0.717) is 0 Å². The fourth-order valence-electron chi connectivity index (χ4n) is 0.685. The number of rotatable bonds is 4. The number of allylic oxidation sites excluding steroid dienone is 1. The predicted octanol–water partition coefficient (Wildman–Crippen LogP) is 1.36. The van der Waals surface area contributed by atoms with Gasteiger partial charge in [0.15, 0.2) is 0 Å². The van der Waals surface area contributed by atoms with Crippen LogP contribution in [0.3, 0.4) is 0 Å². The molecule has 13 heavy (non-hydrogen) atoms. The minimum Gasteiger partial charge on any atom is -0.509 e. The summed E-state index contributed by atoms with van der Waals surface area (Å²) in [6.07, 6.45) is 0.992. The molecule has 3 nitrogen and oxygen atoms in total. The topological polar surface area (TPSA) is 38.3 Å². The van der Waals surface area contributed by atoms with Crippen molar-refractivity contribution >= 4 is 13.4 Å². The molecule has 0 rings (SSSR count). The number of hydrogen-bond acceptors (Lipinski definition) is 2. The van der Waals surface area contributed by atoms with Crippen LogP contribution in [0.15, 0.2) is 11.8 Å². The summed E-state index contributed by atoms with van der Waals surface area (Å²) in [6, 6.07) is -0.0249. The predicted molar refractivity (Wildman–Crippen MR) is 46.1 cm³/mol. The molecule has 0 saturated carbocycles. The molecule has 0 unspecified atom stereocenters. The molecule has 6 heteroatoms. The highest BCUT2D eigenvalue weighted by molar-refractivity contribution is 6.34. The van der Waals surface area contributed by atoms with E-state index in [-0.39, 0.29) is 11.8 Å². The third kappa shape index (κ3) is 7.30. The summed E-state index contributed by atoms with van der Waals surface area (Å²) in [5.41, 5.74) is 0. The monoisotopic (exact) mass is 191 g/mol. The second kappa shape index (κ2) is 5.56. The van der Waals surface area contributed by atoms with Crippen molar-refractivity contribution in [2.24, 2.45) is 0 Å². The van der Waals surface area contributed by atoms with Crippen LogP contribution in [0.1, 0.15) is 20.8 Å². The van der Waals surface area contributed by atoms with Crippen LogP contribution in [0.2, 0.25) is 0 Å². The summed E-state index contributed by atoms with van der Waals surface area (Å²) in [5, 5.41) is 2.51. The summed E-state index contributed by atoms with van der Waals surface area (Å²) in [6.45, 7) is 4.84. The molecule has 0 aliphatic carbocycles. The van der Waals surface area contributed by atoms with Crippen molar-refractivity contribution in [3.05, 3.63) is 11.8 Å². The van der Waals surface area contributed by atoms with Crippen molar-refractivity contribution in [1.29, 1.82) is 0 Å². The van der Waals surface area contributed by atoms with Crippen LogP contribution in [0, 0.1) is 0 Å². The fourth-order valence-corrected chi connectivity index (χ4v) is 0.685. The Hall–Kier alpha value is -1.07. The highest BCUT2D eigenvalue weighted by Crippen LogP contribution is 2.00. The number of carbonyl (C=O) groups is 1. The molecule has 0 aliphatic heterocycles. The van der Waals surface area contributed by atoms with Crippen molar-refractivity contribution < 1.29 is 18.1 Å². The number of amides is 1. The largest absolute Gasteiger partial charge is 0.796 e. The molecular weight excluding hydrogens is 179 g/mol. The summed E-state index contributed by atoms with van der Waals surface area (Å²) in [4.78, 5) is 10.9. The number of halogens is 2. The molecule has 0 fully saturated rings. The molecule has 0 spiro atoms. The van der Waals surface area contributed by atoms with E-state index >= 15 is 0 Å². The maximum atomic E-state index is 11.6. The van der Waals surface area contributed by atoms with E-state index in [1.807, 2.05) is 0 Å². The molecule has 0 aliphatic rings. The van der Waals surface area contributed by atoms with Crippen LogP contribution in [0.25, 0.3) is 0 Å².